The number of pyridine rings is 1. The van der Waals surface area contributed by atoms with Crippen LogP contribution in [0.25, 0.3) is 0 Å². The Balaban J connectivity index is 2.01. The molecule has 1 fully saturated rings. The highest BCUT2D eigenvalue weighted by Crippen LogP contribution is 2.26. The molecule has 5 nitrogen and oxygen atoms in total. The van der Waals surface area contributed by atoms with Crippen LogP contribution in [-0.4, -0.2) is 33.9 Å². The third-order valence-electron chi connectivity index (χ3n) is 3.90. The lowest BCUT2D eigenvalue weighted by atomic mass is 10.2. The molecular weight excluding hydrogens is 240 g/mol. The Labute approximate surface area is 114 Å². The van der Waals surface area contributed by atoms with Gasteiger partial charge < -0.3 is 11.1 Å². The number of rotatable bonds is 3. The topological polar surface area (TPSA) is 71.2 Å². The first kappa shape index (κ1) is 13.8. The molecule has 2 rings (SSSR count). The fourth-order valence-electron chi connectivity index (χ4n) is 2.84. The van der Waals surface area contributed by atoms with Crippen LogP contribution in [0.1, 0.15) is 33.6 Å². The molecule has 1 aliphatic heterocycles. The van der Waals surface area contributed by atoms with Crippen LogP contribution in [0.5, 0.6) is 0 Å². The minimum absolute atomic E-state index is 0.00664. The van der Waals surface area contributed by atoms with Gasteiger partial charge in [-0.15, -0.1) is 0 Å². The van der Waals surface area contributed by atoms with E-state index in [1.54, 1.807) is 18.3 Å². The zero-order valence-electron chi connectivity index (χ0n) is 11.8. The monoisotopic (exact) mass is 262 g/mol. The smallest absolute Gasteiger partial charge is 0.241 e. The quantitative estimate of drug-likeness (QED) is 0.872. The van der Waals surface area contributed by atoms with E-state index in [1.807, 2.05) is 6.92 Å². The third-order valence-corrected chi connectivity index (χ3v) is 3.90. The number of anilines is 2. The van der Waals surface area contributed by atoms with Crippen molar-refractivity contribution in [3.05, 3.63) is 18.3 Å². The van der Waals surface area contributed by atoms with Crippen molar-refractivity contribution in [1.82, 2.24) is 9.88 Å². The van der Waals surface area contributed by atoms with Crippen LogP contribution >= 0.6 is 0 Å². The molecule has 0 spiro atoms. The minimum atomic E-state index is -0.134. The Bertz CT molecular complexity index is 435. The van der Waals surface area contributed by atoms with Gasteiger partial charge in [0.15, 0.2) is 0 Å². The summed E-state index contributed by atoms with van der Waals surface area (Å²) in [6.45, 7) is 6.31. The fraction of sp³-hybridized carbons (Fsp3) is 0.571. The van der Waals surface area contributed by atoms with Gasteiger partial charge in [-0.3, -0.25) is 9.69 Å². The largest absolute Gasteiger partial charge is 0.384 e. The van der Waals surface area contributed by atoms with Crippen molar-refractivity contribution in [3.63, 3.8) is 0 Å². The van der Waals surface area contributed by atoms with Gasteiger partial charge in [0, 0.05) is 12.1 Å². The maximum Gasteiger partial charge on any atom is 0.241 e. The summed E-state index contributed by atoms with van der Waals surface area (Å²) in [5.41, 5.74) is 6.21. The van der Waals surface area contributed by atoms with Crippen LogP contribution in [0.4, 0.5) is 11.5 Å². The molecule has 0 radical (unpaired) electrons. The summed E-state index contributed by atoms with van der Waals surface area (Å²) in [6, 6.07) is 4.23. The van der Waals surface area contributed by atoms with Crippen LogP contribution < -0.4 is 11.1 Å². The molecule has 1 aromatic rings. The van der Waals surface area contributed by atoms with Crippen LogP contribution in [0.3, 0.4) is 0 Å². The predicted octanol–water partition coefficient (Wildman–Crippen LogP) is 1.86. The first-order chi connectivity index (χ1) is 8.99. The van der Waals surface area contributed by atoms with Gasteiger partial charge in [0.05, 0.1) is 17.9 Å². The highest BCUT2D eigenvalue weighted by Gasteiger charge is 2.34. The molecule has 3 unspecified atom stereocenters. The van der Waals surface area contributed by atoms with E-state index >= 15 is 0 Å². The van der Waals surface area contributed by atoms with Crippen molar-refractivity contribution in [2.75, 3.05) is 11.1 Å². The molecule has 0 aromatic carbocycles. The van der Waals surface area contributed by atoms with Crippen molar-refractivity contribution in [2.24, 2.45) is 0 Å². The molecule has 0 saturated carbocycles. The average molecular weight is 262 g/mol. The zero-order chi connectivity index (χ0) is 14.0. The van der Waals surface area contributed by atoms with Crippen LogP contribution in [0, 0.1) is 0 Å². The first-order valence-corrected chi connectivity index (χ1v) is 6.79. The number of aromatic nitrogens is 1. The number of hydrogen-bond donors (Lipinski definition) is 2. The zero-order valence-corrected chi connectivity index (χ0v) is 11.8. The van der Waals surface area contributed by atoms with Gasteiger partial charge in [-0.2, -0.15) is 0 Å². The van der Waals surface area contributed by atoms with E-state index in [2.05, 4.69) is 29.0 Å². The number of nitrogens with zero attached hydrogens (tertiary/aromatic N) is 2. The predicted molar refractivity (Wildman–Crippen MR) is 76.7 cm³/mol. The molecule has 1 amide bonds. The standard InChI is InChI=1S/C14H22N4O/c1-9-4-5-10(2)18(9)11(3)14(19)17-12-6-7-13(15)16-8-12/h6-11H,4-5H2,1-3H3,(H2,15,16)(H,17,19). The van der Waals surface area contributed by atoms with E-state index in [1.165, 1.54) is 0 Å². The third kappa shape index (κ3) is 3.04. The number of nitrogens with two attached hydrogens (primary N) is 1. The molecule has 104 valence electrons. The number of nitrogens with one attached hydrogen (secondary N) is 1. The summed E-state index contributed by atoms with van der Waals surface area (Å²) < 4.78 is 0. The highest BCUT2D eigenvalue weighted by molar-refractivity contribution is 5.94. The second-order valence-electron chi connectivity index (χ2n) is 5.36. The summed E-state index contributed by atoms with van der Waals surface area (Å²) in [5, 5.41) is 2.89. The van der Waals surface area contributed by atoms with Gasteiger partial charge in [0.1, 0.15) is 5.82 Å². The van der Waals surface area contributed by atoms with Crippen molar-refractivity contribution < 1.29 is 4.79 Å². The number of nitrogen functional groups attached to an aromatic ring is 1. The Morgan fingerprint density at radius 2 is 2.05 bits per heavy atom. The molecule has 5 heteroatoms. The first-order valence-electron chi connectivity index (χ1n) is 6.79. The molecule has 0 bridgehead atoms. The van der Waals surface area contributed by atoms with Crippen molar-refractivity contribution in [3.8, 4) is 0 Å². The minimum Gasteiger partial charge on any atom is -0.384 e. The Hall–Kier alpha value is -1.62. The summed E-state index contributed by atoms with van der Waals surface area (Å²) in [4.78, 5) is 18.5. The van der Waals surface area contributed by atoms with Crippen molar-refractivity contribution >= 4 is 17.4 Å². The molecule has 1 aliphatic rings. The summed E-state index contributed by atoms with van der Waals surface area (Å²) in [6.07, 6.45) is 3.89. The molecule has 0 aliphatic carbocycles. The normalized spacial score (nSPS) is 25.2. The second kappa shape index (κ2) is 5.57. The highest BCUT2D eigenvalue weighted by atomic mass is 16.2. The number of amides is 1. The summed E-state index contributed by atoms with van der Waals surface area (Å²) in [5.74, 6) is 0.458. The van der Waals surface area contributed by atoms with Gasteiger partial charge >= 0.3 is 0 Å². The second-order valence-corrected chi connectivity index (χ2v) is 5.36. The van der Waals surface area contributed by atoms with Gasteiger partial charge in [-0.1, -0.05) is 0 Å². The van der Waals surface area contributed by atoms with Gasteiger partial charge in [-0.25, -0.2) is 4.98 Å². The average Bonchev–Trinajstić information content (AvgIpc) is 2.71. The lowest BCUT2D eigenvalue weighted by Crippen LogP contribution is -2.46. The van der Waals surface area contributed by atoms with E-state index in [9.17, 15) is 4.79 Å². The molecule has 3 N–H and O–H groups in total. The van der Waals surface area contributed by atoms with Crippen molar-refractivity contribution in [1.29, 1.82) is 0 Å². The van der Waals surface area contributed by atoms with E-state index < -0.39 is 0 Å². The number of likely N-dealkylation sites (tertiary alicyclic amines) is 1. The number of hydrogen-bond acceptors (Lipinski definition) is 4. The van der Waals surface area contributed by atoms with E-state index in [4.69, 9.17) is 5.73 Å². The van der Waals surface area contributed by atoms with E-state index in [0.29, 0.717) is 23.6 Å². The van der Waals surface area contributed by atoms with Crippen LogP contribution in [0.2, 0.25) is 0 Å². The van der Waals surface area contributed by atoms with Crippen molar-refractivity contribution in [2.45, 2.75) is 51.7 Å². The summed E-state index contributed by atoms with van der Waals surface area (Å²) in [7, 11) is 0. The lowest BCUT2D eigenvalue weighted by molar-refractivity contribution is -0.121. The molecule has 1 aromatic heterocycles. The lowest BCUT2D eigenvalue weighted by Gasteiger charge is -2.31. The molecular formula is C14H22N4O. The SMILES string of the molecule is CC1CCC(C)N1C(C)C(=O)Nc1ccc(N)nc1. The van der Waals surface area contributed by atoms with Gasteiger partial charge in [-0.05, 0) is 45.7 Å². The van der Waals surface area contributed by atoms with Crippen LogP contribution in [0.15, 0.2) is 18.3 Å². The molecule has 19 heavy (non-hydrogen) atoms. The fourth-order valence-corrected chi connectivity index (χ4v) is 2.84. The Morgan fingerprint density at radius 3 is 2.58 bits per heavy atom. The van der Waals surface area contributed by atoms with Crippen LogP contribution in [-0.2, 0) is 4.79 Å². The number of carbonyl (C=O) groups excluding carboxylic acids is 1. The Kier molecular flexibility index (Phi) is 4.04. The maximum atomic E-state index is 12.3. The molecule has 3 atom stereocenters. The number of carbonyl (C=O) groups is 1. The van der Waals surface area contributed by atoms with Gasteiger partial charge in [0.2, 0.25) is 5.91 Å². The Morgan fingerprint density at radius 1 is 1.42 bits per heavy atom. The van der Waals surface area contributed by atoms with E-state index in [-0.39, 0.29) is 11.9 Å². The molecule has 2 heterocycles. The molecule has 1 saturated heterocycles. The van der Waals surface area contributed by atoms with E-state index in [0.717, 1.165) is 12.8 Å². The summed E-state index contributed by atoms with van der Waals surface area (Å²) >= 11 is 0. The maximum absolute atomic E-state index is 12.3. The van der Waals surface area contributed by atoms with Gasteiger partial charge in [0.25, 0.3) is 0 Å².